The van der Waals surface area contributed by atoms with Crippen LogP contribution in [0.5, 0.6) is 0 Å². The SMILES string of the molecule is CN(C)c1ccc(C#CC(O)C2C(c3ccccc3)=C2c2ccccc2)cc1. The van der Waals surface area contributed by atoms with E-state index in [1.165, 1.54) is 11.1 Å². The fourth-order valence-electron chi connectivity index (χ4n) is 3.54. The van der Waals surface area contributed by atoms with Gasteiger partial charge in [-0.1, -0.05) is 72.5 Å². The average Bonchev–Trinajstić information content (AvgIpc) is 3.49. The van der Waals surface area contributed by atoms with Crippen molar-refractivity contribution in [2.24, 2.45) is 5.92 Å². The normalized spacial score (nSPS) is 14.2. The summed E-state index contributed by atoms with van der Waals surface area (Å²) in [5.41, 5.74) is 6.73. The van der Waals surface area contributed by atoms with E-state index in [2.05, 4.69) is 41.0 Å². The van der Waals surface area contributed by atoms with Crippen molar-refractivity contribution in [2.45, 2.75) is 6.10 Å². The maximum atomic E-state index is 10.8. The molecule has 1 N–H and O–H groups in total. The first-order valence-corrected chi connectivity index (χ1v) is 9.47. The maximum absolute atomic E-state index is 10.8. The molecule has 0 spiro atoms. The van der Waals surface area contributed by atoms with E-state index >= 15 is 0 Å². The van der Waals surface area contributed by atoms with Crippen molar-refractivity contribution in [1.29, 1.82) is 0 Å². The molecule has 2 heteroatoms. The molecule has 0 fully saturated rings. The first-order valence-electron chi connectivity index (χ1n) is 9.47. The summed E-state index contributed by atoms with van der Waals surface area (Å²) in [6.45, 7) is 0. The average molecular weight is 365 g/mol. The Bertz CT molecular complexity index is 989. The fraction of sp³-hybridized carbons (Fsp3) is 0.154. The molecule has 1 atom stereocenters. The Balaban J connectivity index is 1.58. The van der Waals surface area contributed by atoms with Crippen LogP contribution in [0.2, 0.25) is 0 Å². The molecule has 0 heterocycles. The Morgan fingerprint density at radius 1 is 0.750 bits per heavy atom. The van der Waals surface area contributed by atoms with Gasteiger partial charge in [0.1, 0.15) is 6.10 Å². The maximum Gasteiger partial charge on any atom is 0.126 e. The summed E-state index contributed by atoms with van der Waals surface area (Å²) >= 11 is 0. The van der Waals surface area contributed by atoms with E-state index in [1.54, 1.807) is 0 Å². The fourth-order valence-corrected chi connectivity index (χ4v) is 3.54. The van der Waals surface area contributed by atoms with Crippen molar-refractivity contribution in [3.05, 3.63) is 102 Å². The second kappa shape index (κ2) is 7.76. The zero-order valence-electron chi connectivity index (χ0n) is 16.1. The zero-order chi connectivity index (χ0) is 19.5. The first-order chi connectivity index (χ1) is 13.6. The number of nitrogens with zero attached hydrogens (tertiary/aromatic N) is 1. The number of aliphatic hydroxyl groups is 1. The first kappa shape index (κ1) is 18.1. The van der Waals surface area contributed by atoms with Gasteiger partial charge in [-0.2, -0.15) is 0 Å². The molecule has 28 heavy (non-hydrogen) atoms. The molecule has 0 aromatic heterocycles. The van der Waals surface area contributed by atoms with Crippen molar-refractivity contribution in [3.63, 3.8) is 0 Å². The predicted octanol–water partition coefficient (Wildman–Crippen LogP) is 4.71. The minimum atomic E-state index is -0.723. The van der Waals surface area contributed by atoms with Crippen molar-refractivity contribution in [2.75, 3.05) is 19.0 Å². The van der Waals surface area contributed by atoms with Gasteiger partial charge in [0.2, 0.25) is 0 Å². The van der Waals surface area contributed by atoms with Crippen LogP contribution in [-0.4, -0.2) is 25.3 Å². The van der Waals surface area contributed by atoms with E-state index in [1.807, 2.05) is 74.8 Å². The highest BCUT2D eigenvalue weighted by molar-refractivity contribution is 6.11. The molecule has 0 aliphatic heterocycles. The minimum Gasteiger partial charge on any atom is -0.379 e. The lowest BCUT2D eigenvalue weighted by Crippen LogP contribution is -2.09. The monoisotopic (exact) mass is 365 g/mol. The molecule has 2 nitrogen and oxygen atoms in total. The molecule has 0 saturated heterocycles. The van der Waals surface area contributed by atoms with Crippen LogP contribution in [0, 0.1) is 17.8 Å². The van der Waals surface area contributed by atoms with Crippen molar-refractivity contribution in [1.82, 2.24) is 0 Å². The standard InChI is InChI=1S/C26H23NO/c1-27(2)22-16-13-19(14-17-22)15-18-23(28)26-24(20-9-5-3-6-10-20)25(26)21-11-7-4-8-12-21/h3-14,16-17,23,26,28H,1-2H3. The number of aliphatic hydroxyl groups excluding tert-OH is 1. The van der Waals surface area contributed by atoms with Gasteiger partial charge < -0.3 is 10.0 Å². The van der Waals surface area contributed by atoms with Crippen LogP contribution in [0.1, 0.15) is 16.7 Å². The third-order valence-electron chi connectivity index (χ3n) is 5.06. The zero-order valence-corrected chi connectivity index (χ0v) is 16.1. The molecule has 0 radical (unpaired) electrons. The summed E-state index contributed by atoms with van der Waals surface area (Å²) < 4.78 is 0. The lowest BCUT2D eigenvalue weighted by Gasteiger charge is -2.11. The largest absolute Gasteiger partial charge is 0.379 e. The van der Waals surface area contributed by atoms with Gasteiger partial charge in [-0.15, -0.1) is 0 Å². The van der Waals surface area contributed by atoms with Crippen LogP contribution >= 0.6 is 0 Å². The third kappa shape index (κ3) is 3.71. The summed E-state index contributed by atoms with van der Waals surface area (Å²) in [5, 5.41) is 10.8. The molecule has 138 valence electrons. The number of benzene rings is 3. The lowest BCUT2D eigenvalue weighted by atomic mass is 10.0. The second-order valence-corrected chi connectivity index (χ2v) is 7.19. The number of rotatable bonds is 4. The highest BCUT2D eigenvalue weighted by Crippen LogP contribution is 2.54. The molecular formula is C26H23NO. The van der Waals surface area contributed by atoms with Gasteiger partial charge >= 0.3 is 0 Å². The highest BCUT2D eigenvalue weighted by atomic mass is 16.3. The summed E-state index contributed by atoms with van der Waals surface area (Å²) in [7, 11) is 4.03. The van der Waals surface area contributed by atoms with Gasteiger partial charge in [0, 0.05) is 31.3 Å². The van der Waals surface area contributed by atoms with Crippen LogP contribution in [-0.2, 0) is 0 Å². The molecule has 0 saturated carbocycles. The summed E-state index contributed by atoms with van der Waals surface area (Å²) in [6, 6.07) is 28.6. The molecule has 1 aliphatic rings. The molecule has 4 rings (SSSR count). The van der Waals surface area contributed by atoms with Gasteiger partial charge in [-0.25, -0.2) is 0 Å². The highest BCUT2D eigenvalue weighted by Gasteiger charge is 2.42. The molecular weight excluding hydrogens is 342 g/mol. The molecule has 1 unspecified atom stereocenters. The van der Waals surface area contributed by atoms with E-state index in [4.69, 9.17) is 0 Å². The van der Waals surface area contributed by atoms with Crippen LogP contribution in [0.3, 0.4) is 0 Å². The van der Waals surface area contributed by atoms with E-state index in [0.29, 0.717) is 0 Å². The molecule has 0 bridgehead atoms. The summed E-state index contributed by atoms with van der Waals surface area (Å²) in [5.74, 6) is 6.15. The van der Waals surface area contributed by atoms with Crippen molar-refractivity contribution >= 4 is 16.8 Å². The van der Waals surface area contributed by atoms with Gasteiger partial charge in [0.25, 0.3) is 0 Å². The van der Waals surface area contributed by atoms with E-state index < -0.39 is 6.10 Å². The minimum absolute atomic E-state index is 0.0432. The van der Waals surface area contributed by atoms with Crippen LogP contribution in [0.25, 0.3) is 11.1 Å². The van der Waals surface area contributed by atoms with Crippen LogP contribution < -0.4 is 4.90 Å². The Kier molecular flexibility index (Phi) is 5.02. The van der Waals surface area contributed by atoms with Crippen LogP contribution in [0.4, 0.5) is 5.69 Å². The number of anilines is 1. The number of hydrogen-bond acceptors (Lipinski definition) is 2. The van der Waals surface area contributed by atoms with E-state index in [-0.39, 0.29) is 5.92 Å². The molecule has 1 aliphatic carbocycles. The van der Waals surface area contributed by atoms with Gasteiger partial charge in [0.05, 0.1) is 0 Å². The predicted molar refractivity (Wildman–Crippen MR) is 117 cm³/mol. The summed E-state index contributed by atoms with van der Waals surface area (Å²) in [4.78, 5) is 2.05. The molecule has 3 aromatic carbocycles. The van der Waals surface area contributed by atoms with Crippen molar-refractivity contribution in [3.8, 4) is 11.8 Å². The Labute approximate surface area is 166 Å². The van der Waals surface area contributed by atoms with E-state index in [9.17, 15) is 5.11 Å². The molecule has 3 aromatic rings. The Morgan fingerprint density at radius 2 is 1.25 bits per heavy atom. The molecule has 0 amide bonds. The lowest BCUT2D eigenvalue weighted by molar-refractivity contribution is 0.222. The van der Waals surface area contributed by atoms with Gasteiger partial charge in [-0.3, -0.25) is 0 Å². The number of hydrogen-bond donors (Lipinski definition) is 1. The Hall–Kier alpha value is -3.28. The van der Waals surface area contributed by atoms with Crippen molar-refractivity contribution < 1.29 is 5.11 Å². The van der Waals surface area contributed by atoms with Crippen LogP contribution in [0.15, 0.2) is 84.9 Å². The second-order valence-electron chi connectivity index (χ2n) is 7.19. The smallest absolute Gasteiger partial charge is 0.126 e. The Morgan fingerprint density at radius 3 is 1.71 bits per heavy atom. The quantitative estimate of drug-likeness (QED) is 0.677. The summed E-state index contributed by atoms with van der Waals surface area (Å²) in [6.07, 6.45) is -0.723. The van der Waals surface area contributed by atoms with Gasteiger partial charge in [0.15, 0.2) is 0 Å². The topological polar surface area (TPSA) is 23.5 Å². The van der Waals surface area contributed by atoms with E-state index in [0.717, 1.165) is 22.4 Å². The third-order valence-corrected chi connectivity index (χ3v) is 5.06. The van der Waals surface area contributed by atoms with Gasteiger partial charge in [-0.05, 0) is 46.5 Å².